The van der Waals surface area contributed by atoms with Gasteiger partial charge in [-0.25, -0.2) is 14.6 Å². The number of esters is 2. The molecule has 0 saturated heterocycles. The van der Waals surface area contributed by atoms with Gasteiger partial charge in [0.15, 0.2) is 16.3 Å². The molecule has 5 rings (SSSR count). The fraction of sp³-hybridized carbons (Fsp3) is 0.297. The van der Waals surface area contributed by atoms with E-state index in [0.717, 1.165) is 12.7 Å². The molecule has 13 heteroatoms. The van der Waals surface area contributed by atoms with Crippen molar-refractivity contribution in [2.45, 2.75) is 53.4 Å². The summed E-state index contributed by atoms with van der Waals surface area (Å²) in [6.07, 6.45) is 1.72. The lowest BCUT2D eigenvalue weighted by Gasteiger charge is -2.25. The Kier molecular flexibility index (Phi) is 12.4. The Bertz CT molecular complexity index is 2140. The van der Waals surface area contributed by atoms with Crippen LogP contribution < -0.4 is 29.1 Å². The van der Waals surface area contributed by atoms with Crippen molar-refractivity contribution in [3.8, 4) is 17.2 Å². The highest BCUT2D eigenvalue weighted by Gasteiger charge is 2.34. The summed E-state index contributed by atoms with van der Waals surface area (Å²) in [5.74, 6) is 0.707. The number of carbonyl (C=O) groups excluding carboxylic acids is 2. The molecule has 0 N–H and O–H groups in total. The van der Waals surface area contributed by atoms with E-state index in [1.54, 1.807) is 58.2 Å². The Balaban J connectivity index is 1.59. The van der Waals surface area contributed by atoms with Gasteiger partial charge in [-0.2, -0.15) is 0 Å². The van der Waals surface area contributed by atoms with Crippen LogP contribution in [0.15, 0.2) is 75.7 Å². The number of benzene rings is 3. The highest BCUT2D eigenvalue weighted by Crippen LogP contribution is 2.37. The lowest BCUT2D eigenvalue weighted by molar-refractivity contribution is -0.139. The van der Waals surface area contributed by atoms with Gasteiger partial charge in [-0.1, -0.05) is 29.5 Å². The van der Waals surface area contributed by atoms with Gasteiger partial charge in [-0.15, -0.1) is 0 Å². The molecule has 4 aromatic rings. The Hall–Kier alpha value is -3.70. The summed E-state index contributed by atoms with van der Waals surface area (Å²) in [7, 11) is 1.55. The van der Waals surface area contributed by atoms with Crippen LogP contribution in [0, 0.1) is 7.14 Å². The van der Waals surface area contributed by atoms with E-state index < -0.39 is 12.0 Å². The molecule has 0 amide bonds. The maximum atomic E-state index is 14.4. The van der Waals surface area contributed by atoms with Crippen LogP contribution in [0.3, 0.4) is 0 Å². The summed E-state index contributed by atoms with van der Waals surface area (Å²) >= 11 is 5.69. The number of aromatic nitrogens is 1. The summed E-state index contributed by atoms with van der Waals surface area (Å²) in [4.78, 5) is 45.0. The van der Waals surface area contributed by atoms with E-state index in [-0.39, 0.29) is 36.4 Å². The summed E-state index contributed by atoms with van der Waals surface area (Å²) in [6.45, 7) is 9.80. The normalized spacial score (nSPS) is 14.3. The third kappa shape index (κ3) is 8.26. The summed E-state index contributed by atoms with van der Waals surface area (Å²) in [6, 6.07) is 15.6. The van der Waals surface area contributed by atoms with Crippen molar-refractivity contribution >= 4 is 74.5 Å². The molecule has 0 fully saturated rings. The number of ether oxygens (including phenoxy) is 5. The second-order valence-corrected chi connectivity index (χ2v) is 14.8. The van der Waals surface area contributed by atoms with Crippen LogP contribution in [0.5, 0.6) is 17.2 Å². The zero-order valence-electron chi connectivity index (χ0n) is 28.4. The number of carbonyl (C=O) groups is 2. The Morgan fingerprint density at radius 2 is 1.68 bits per heavy atom. The first-order valence-electron chi connectivity index (χ1n) is 15.9. The molecule has 1 atom stereocenters. The minimum atomic E-state index is -0.821. The first kappa shape index (κ1) is 37.6. The fourth-order valence-electron chi connectivity index (χ4n) is 5.40. The molecule has 0 unspecified atom stereocenters. The molecular weight excluding hydrogens is 886 g/mol. The smallest absolute Gasteiger partial charge is 0.338 e. The Labute approximate surface area is 321 Å². The largest absolute Gasteiger partial charge is 0.493 e. The molecule has 0 bridgehead atoms. The van der Waals surface area contributed by atoms with Gasteiger partial charge in [0.25, 0.3) is 5.56 Å². The van der Waals surface area contributed by atoms with Crippen LogP contribution in [0.1, 0.15) is 67.7 Å². The van der Waals surface area contributed by atoms with Gasteiger partial charge in [0.05, 0.1) is 57.4 Å². The summed E-state index contributed by atoms with van der Waals surface area (Å²) < 4.78 is 32.3. The summed E-state index contributed by atoms with van der Waals surface area (Å²) in [5.41, 5.74) is 3.10. The van der Waals surface area contributed by atoms with E-state index >= 15 is 0 Å². The number of thiazole rings is 1. The molecule has 50 heavy (non-hydrogen) atoms. The predicted octanol–water partition coefficient (Wildman–Crippen LogP) is 6.56. The van der Waals surface area contributed by atoms with Crippen molar-refractivity contribution in [3.63, 3.8) is 0 Å². The van der Waals surface area contributed by atoms with Crippen LogP contribution in [0.25, 0.3) is 6.08 Å². The van der Waals surface area contributed by atoms with E-state index in [0.29, 0.717) is 55.6 Å². The molecule has 1 aliphatic rings. The predicted molar refractivity (Wildman–Crippen MR) is 208 cm³/mol. The van der Waals surface area contributed by atoms with E-state index in [2.05, 4.69) is 45.2 Å². The van der Waals surface area contributed by atoms with Gasteiger partial charge >= 0.3 is 11.9 Å². The van der Waals surface area contributed by atoms with Crippen LogP contribution in [-0.4, -0.2) is 42.9 Å². The average Bonchev–Trinajstić information content (AvgIpc) is 3.37. The molecule has 3 aromatic carbocycles. The second-order valence-electron chi connectivity index (χ2n) is 11.4. The standard InChI is InChI=1S/C37H36I2N2O8S/c1-7-46-35(43)23-11-9-22(10-12-23)19-48-33-25(15-26(38)18-27(33)39)17-30-34(42)41-32(24-13-14-28(49-20(3)4)29(16-24)45-6)31(36(44)47-8-2)21(5)40-37(41)50-30/h9-18,20,32H,7-8,19H2,1-6H3/b30-17+/t32-/m1/s1. The lowest BCUT2D eigenvalue weighted by atomic mass is 9.95. The van der Waals surface area contributed by atoms with Crippen LogP contribution in [-0.2, 0) is 20.9 Å². The molecule has 262 valence electrons. The van der Waals surface area contributed by atoms with E-state index in [1.807, 2.05) is 44.2 Å². The number of hydrogen-bond donors (Lipinski definition) is 0. The average molecular weight is 923 g/mol. The van der Waals surface area contributed by atoms with Crippen LogP contribution in [0.4, 0.5) is 0 Å². The zero-order valence-corrected chi connectivity index (χ0v) is 33.5. The second kappa shape index (κ2) is 16.5. The van der Waals surface area contributed by atoms with Crippen molar-refractivity contribution < 1.29 is 33.3 Å². The molecule has 2 heterocycles. The SMILES string of the molecule is CCOC(=O)C1=C(C)N=c2s/c(=C/c3cc(I)cc(I)c3OCc3ccc(C(=O)OCC)cc3)c(=O)n2[C@@H]1c1ccc(OC(C)C)c(OC)c1. The van der Waals surface area contributed by atoms with Gasteiger partial charge < -0.3 is 23.7 Å². The maximum absolute atomic E-state index is 14.4. The van der Waals surface area contributed by atoms with E-state index in [9.17, 15) is 14.4 Å². The molecule has 0 radical (unpaired) electrons. The van der Waals surface area contributed by atoms with Crippen molar-refractivity contribution in [1.29, 1.82) is 0 Å². The number of methoxy groups -OCH3 is 1. The number of rotatable bonds is 12. The Morgan fingerprint density at radius 3 is 2.34 bits per heavy atom. The molecule has 0 aliphatic carbocycles. The van der Waals surface area contributed by atoms with Crippen LogP contribution >= 0.6 is 56.5 Å². The third-order valence-electron chi connectivity index (χ3n) is 7.56. The van der Waals surface area contributed by atoms with Crippen molar-refractivity contribution in [1.82, 2.24) is 4.57 Å². The maximum Gasteiger partial charge on any atom is 0.338 e. The van der Waals surface area contributed by atoms with Crippen molar-refractivity contribution in [3.05, 3.63) is 115 Å². The number of allylic oxidation sites excluding steroid dienone is 1. The highest BCUT2D eigenvalue weighted by molar-refractivity contribution is 14.1. The van der Waals surface area contributed by atoms with Crippen LogP contribution in [0.2, 0.25) is 0 Å². The van der Waals surface area contributed by atoms with Crippen molar-refractivity contribution in [2.75, 3.05) is 20.3 Å². The number of hydrogen-bond acceptors (Lipinski definition) is 10. The lowest BCUT2D eigenvalue weighted by Crippen LogP contribution is -2.40. The first-order chi connectivity index (χ1) is 23.9. The molecule has 10 nitrogen and oxygen atoms in total. The van der Waals surface area contributed by atoms with Gasteiger partial charge in [0, 0.05) is 9.13 Å². The molecule has 1 aromatic heterocycles. The zero-order chi connectivity index (χ0) is 36.1. The number of nitrogens with zero attached hydrogens (tertiary/aromatic N) is 2. The van der Waals surface area contributed by atoms with Gasteiger partial charge in [0.2, 0.25) is 0 Å². The quantitative estimate of drug-likeness (QED) is 0.116. The minimum Gasteiger partial charge on any atom is -0.493 e. The first-order valence-corrected chi connectivity index (χ1v) is 18.8. The highest BCUT2D eigenvalue weighted by atomic mass is 127. The number of halogens is 2. The van der Waals surface area contributed by atoms with Gasteiger partial charge in [0.1, 0.15) is 12.4 Å². The van der Waals surface area contributed by atoms with Crippen molar-refractivity contribution in [2.24, 2.45) is 4.99 Å². The molecular formula is C37H36I2N2O8S. The van der Waals surface area contributed by atoms with E-state index in [4.69, 9.17) is 28.7 Å². The van der Waals surface area contributed by atoms with E-state index in [1.165, 1.54) is 15.9 Å². The molecule has 1 aliphatic heterocycles. The minimum absolute atomic E-state index is 0.0838. The molecule has 0 spiro atoms. The Morgan fingerprint density at radius 1 is 0.980 bits per heavy atom. The van der Waals surface area contributed by atoms with Gasteiger partial charge in [-0.3, -0.25) is 9.36 Å². The fourth-order valence-corrected chi connectivity index (χ4v) is 8.48. The molecule has 0 saturated carbocycles. The monoisotopic (exact) mass is 922 g/mol. The third-order valence-corrected chi connectivity index (χ3v) is 9.96. The number of fused-ring (bicyclic) bond motifs is 1. The summed E-state index contributed by atoms with van der Waals surface area (Å²) in [5, 5.41) is 0. The topological polar surface area (TPSA) is 115 Å². The van der Waals surface area contributed by atoms with Gasteiger partial charge in [-0.05, 0) is 133 Å².